The van der Waals surface area contributed by atoms with E-state index in [9.17, 15) is 10.1 Å². The molecule has 0 atom stereocenters. The van der Waals surface area contributed by atoms with Gasteiger partial charge in [0.15, 0.2) is 0 Å². The molecule has 0 spiro atoms. The zero-order chi connectivity index (χ0) is 21.1. The van der Waals surface area contributed by atoms with Gasteiger partial charge in [-0.1, -0.05) is 41.4 Å². The summed E-state index contributed by atoms with van der Waals surface area (Å²) in [4.78, 5) is 12.2. The van der Waals surface area contributed by atoms with Crippen molar-refractivity contribution in [2.45, 2.75) is 13.8 Å². The van der Waals surface area contributed by atoms with Gasteiger partial charge in [-0.05, 0) is 61.4 Å². The molecule has 0 aliphatic carbocycles. The summed E-state index contributed by atoms with van der Waals surface area (Å²) in [7, 11) is 1.36. The Morgan fingerprint density at radius 1 is 1.10 bits per heavy atom. The Kier molecular flexibility index (Phi) is 6.12. The lowest BCUT2D eigenvalue weighted by Crippen LogP contribution is -2.09. The number of carbonyl (C=O) groups is 1. The van der Waals surface area contributed by atoms with Crippen molar-refractivity contribution in [3.05, 3.63) is 86.7 Å². The number of allylic oxidation sites excluding steroid dienone is 1. The van der Waals surface area contributed by atoms with Crippen LogP contribution < -0.4 is 0 Å². The number of nitriles is 1. The van der Waals surface area contributed by atoms with Gasteiger partial charge >= 0.3 is 5.97 Å². The number of para-hydroxylation sites is 1. The maximum Gasteiger partial charge on any atom is 0.339 e. The number of halogens is 2. The van der Waals surface area contributed by atoms with Crippen molar-refractivity contribution in [2.24, 2.45) is 0 Å². The summed E-state index contributed by atoms with van der Waals surface area (Å²) in [5.74, 6) is -0.404. The van der Waals surface area contributed by atoms with Gasteiger partial charge in [0.2, 0.25) is 0 Å². The Morgan fingerprint density at radius 3 is 2.48 bits per heavy atom. The van der Waals surface area contributed by atoms with E-state index in [1.165, 1.54) is 7.11 Å². The Bertz CT molecular complexity index is 1170. The fraction of sp³-hybridized carbons (Fsp3) is 0.130. The van der Waals surface area contributed by atoms with E-state index in [2.05, 4.69) is 6.07 Å². The van der Waals surface area contributed by atoms with Crippen molar-refractivity contribution in [3.63, 3.8) is 0 Å². The van der Waals surface area contributed by atoms with Gasteiger partial charge < -0.3 is 9.30 Å². The van der Waals surface area contributed by atoms with E-state index in [-0.39, 0.29) is 0 Å². The molecule has 0 amide bonds. The van der Waals surface area contributed by atoms with Crippen molar-refractivity contribution >= 4 is 40.8 Å². The number of esters is 1. The second kappa shape index (κ2) is 8.57. The summed E-state index contributed by atoms with van der Waals surface area (Å²) in [5, 5.41) is 10.5. The highest BCUT2D eigenvalue weighted by Crippen LogP contribution is 2.30. The van der Waals surface area contributed by atoms with Crippen LogP contribution in [0, 0.1) is 25.2 Å². The van der Waals surface area contributed by atoms with Gasteiger partial charge in [-0.2, -0.15) is 5.26 Å². The standard InChI is InChI=1S/C23H18Cl2N2O2/c1-14-10-17(11-18(13-26)16-8-9-20(24)21(25)12-16)15(2)27(14)22-7-5-4-6-19(22)23(28)29-3/h4-12H,1-3H3/b18-11-. The molecule has 6 heteroatoms. The van der Waals surface area contributed by atoms with Gasteiger partial charge in [0.05, 0.1) is 40.0 Å². The first-order valence-electron chi connectivity index (χ1n) is 8.81. The van der Waals surface area contributed by atoms with Crippen LogP contribution in [0.4, 0.5) is 0 Å². The van der Waals surface area contributed by atoms with Crippen LogP contribution in [0.2, 0.25) is 10.0 Å². The molecular weight excluding hydrogens is 407 g/mol. The number of carbonyl (C=O) groups excluding carboxylic acids is 1. The largest absolute Gasteiger partial charge is 0.465 e. The Labute approximate surface area is 179 Å². The summed E-state index contributed by atoms with van der Waals surface area (Å²) in [6.07, 6.45) is 1.80. The number of methoxy groups -OCH3 is 1. The molecule has 3 rings (SSSR count). The predicted molar refractivity (Wildman–Crippen MR) is 117 cm³/mol. The maximum absolute atomic E-state index is 12.2. The summed E-state index contributed by atoms with van der Waals surface area (Å²) < 4.78 is 6.89. The average Bonchev–Trinajstić information content (AvgIpc) is 3.00. The molecule has 0 N–H and O–H groups in total. The highest BCUT2D eigenvalue weighted by molar-refractivity contribution is 6.42. The zero-order valence-electron chi connectivity index (χ0n) is 16.2. The third kappa shape index (κ3) is 4.07. The zero-order valence-corrected chi connectivity index (χ0v) is 17.7. The quantitative estimate of drug-likeness (QED) is 0.367. The minimum absolute atomic E-state index is 0.391. The number of ether oxygens (including phenoxy) is 1. The van der Waals surface area contributed by atoms with Crippen LogP contribution in [0.25, 0.3) is 17.3 Å². The van der Waals surface area contributed by atoms with Gasteiger partial charge in [-0.3, -0.25) is 0 Å². The van der Waals surface area contributed by atoms with Gasteiger partial charge in [-0.25, -0.2) is 4.79 Å². The second-order valence-electron chi connectivity index (χ2n) is 6.47. The minimum Gasteiger partial charge on any atom is -0.465 e. The lowest BCUT2D eigenvalue weighted by atomic mass is 10.0. The van der Waals surface area contributed by atoms with Crippen molar-refractivity contribution in [1.29, 1.82) is 5.26 Å². The summed E-state index contributed by atoms with van der Waals surface area (Å²) in [6, 6.07) is 16.5. The molecule has 0 unspecified atom stereocenters. The molecule has 0 saturated heterocycles. The number of benzene rings is 2. The molecule has 0 aliphatic rings. The smallest absolute Gasteiger partial charge is 0.339 e. The first-order chi connectivity index (χ1) is 13.9. The summed E-state index contributed by atoms with van der Waals surface area (Å²) in [6.45, 7) is 3.89. The number of rotatable bonds is 4. The van der Waals surface area contributed by atoms with Crippen LogP contribution in [0.15, 0.2) is 48.5 Å². The van der Waals surface area contributed by atoms with Crippen LogP contribution in [0.1, 0.15) is 32.9 Å². The fourth-order valence-corrected chi connectivity index (χ4v) is 3.55. The van der Waals surface area contributed by atoms with Gasteiger partial charge in [0.25, 0.3) is 0 Å². The molecule has 146 valence electrons. The molecule has 29 heavy (non-hydrogen) atoms. The lowest BCUT2D eigenvalue weighted by molar-refractivity contribution is 0.0600. The highest BCUT2D eigenvalue weighted by Gasteiger charge is 2.17. The van der Waals surface area contributed by atoms with Crippen LogP contribution in [-0.2, 0) is 4.74 Å². The van der Waals surface area contributed by atoms with E-state index < -0.39 is 5.97 Å². The van der Waals surface area contributed by atoms with Crippen LogP contribution in [0.3, 0.4) is 0 Å². The number of nitrogens with zero attached hydrogens (tertiary/aromatic N) is 2. The monoisotopic (exact) mass is 424 g/mol. The van der Waals surface area contributed by atoms with Crippen molar-refractivity contribution in [2.75, 3.05) is 7.11 Å². The molecule has 1 aromatic heterocycles. The maximum atomic E-state index is 12.2. The molecule has 0 fully saturated rings. The Balaban J connectivity index is 2.13. The first kappa shape index (κ1) is 20.7. The molecule has 2 aromatic carbocycles. The number of hydrogen-bond acceptors (Lipinski definition) is 3. The van der Waals surface area contributed by atoms with Crippen LogP contribution in [0.5, 0.6) is 0 Å². The predicted octanol–water partition coefficient (Wildman–Crippen LogP) is 6.25. The fourth-order valence-electron chi connectivity index (χ4n) is 3.25. The number of aryl methyl sites for hydroxylation is 1. The molecule has 0 aliphatic heterocycles. The normalized spacial score (nSPS) is 11.2. The van der Waals surface area contributed by atoms with E-state index in [0.717, 1.165) is 22.6 Å². The van der Waals surface area contributed by atoms with E-state index in [4.69, 9.17) is 27.9 Å². The van der Waals surface area contributed by atoms with E-state index in [1.54, 1.807) is 36.4 Å². The molecule has 3 aromatic rings. The third-order valence-corrected chi connectivity index (χ3v) is 5.41. The number of aromatic nitrogens is 1. The topological polar surface area (TPSA) is 55.0 Å². The van der Waals surface area contributed by atoms with Crippen molar-refractivity contribution < 1.29 is 9.53 Å². The van der Waals surface area contributed by atoms with E-state index in [0.29, 0.717) is 26.7 Å². The molecule has 0 bridgehead atoms. The van der Waals surface area contributed by atoms with Crippen LogP contribution >= 0.6 is 23.2 Å². The average molecular weight is 425 g/mol. The number of hydrogen-bond donors (Lipinski definition) is 0. The molecule has 0 radical (unpaired) electrons. The second-order valence-corrected chi connectivity index (χ2v) is 7.28. The lowest BCUT2D eigenvalue weighted by Gasteiger charge is -2.13. The van der Waals surface area contributed by atoms with E-state index in [1.807, 2.05) is 36.6 Å². The van der Waals surface area contributed by atoms with Gasteiger partial charge in [0, 0.05) is 11.4 Å². The molecular formula is C23H18Cl2N2O2. The van der Waals surface area contributed by atoms with Crippen LogP contribution in [-0.4, -0.2) is 17.6 Å². The van der Waals surface area contributed by atoms with Crippen molar-refractivity contribution in [1.82, 2.24) is 4.57 Å². The van der Waals surface area contributed by atoms with E-state index >= 15 is 0 Å². The SMILES string of the molecule is COC(=O)c1ccccc1-n1c(C)cc(/C=C(/C#N)c2ccc(Cl)c(Cl)c2)c1C. The molecule has 1 heterocycles. The Hall–Kier alpha value is -3.00. The first-order valence-corrected chi connectivity index (χ1v) is 9.56. The Morgan fingerprint density at radius 2 is 1.83 bits per heavy atom. The molecule has 4 nitrogen and oxygen atoms in total. The van der Waals surface area contributed by atoms with Crippen molar-refractivity contribution in [3.8, 4) is 11.8 Å². The highest BCUT2D eigenvalue weighted by atomic mass is 35.5. The van der Waals surface area contributed by atoms with Gasteiger partial charge in [0.1, 0.15) is 0 Å². The summed E-state index contributed by atoms with van der Waals surface area (Å²) >= 11 is 12.1. The molecule has 0 saturated carbocycles. The summed E-state index contributed by atoms with van der Waals surface area (Å²) in [5.41, 5.74) is 5.03. The minimum atomic E-state index is -0.404. The third-order valence-electron chi connectivity index (χ3n) is 4.67. The van der Waals surface area contributed by atoms with Gasteiger partial charge in [-0.15, -0.1) is 0 Å².